The summed E-state index contributed by atoms with van der Waals surface area (Å²) in [4.78, 5) is 12.8. The van der Waals surface area contributed by atoms with Gasteiger partial charge in [-0.1, -0.05) is 12.1 Å². The Hall–Kier alpha value is -2.01. The van der Waals surface area contributed by atoms with Crippen molar-refractivity contribution in [3.8, 4) is 11.5 Å². The molecule has 0 fully saturated rings. The fourth-order valence-electron chi connectivity index (χ4n) is 1.88. The molecule has 0 aliphatic carbocycles. The maximum atomic E-state index is 11.7. The van der Waals surface area contributed by atoms with Crippen molar-refractivity contribution in [3.05, 3.63) is 46.2 Å². The molecule has 1 N–H and O–H groups in total. The van der Waals surface area contributed by atoms with Crippen LogP contribution in [-0.2, 0) is 11.2 Å². The number of ether oxygens (including phenoxy) is 2. The number of thiophene rings is 1. The Labute approximate surface area is 128 Å². The third-order valence-corrected chi connectivity index (χ3v) is 3.79. The highest BCUT2D eigenvalue weighted by Gasteiger charge is 2.06. The highest BCUT2D eigenvalue weighted by Crippen LogP contribution is 2.27. The topological polar surface area (TPSA) is 47.6 Å². The summed E-state index contributed by atoms with van der Waals surface area (Å²) >= 11 is 1.58. The van der Waals surface area contributed by atoms with E-state index in [0.717, 1.165) is 10.4 Å². The van der Waals surface area contributed by atoms with E-state index in [2.05, 4.69) is 5.32 Å². The van der Waals surface area contributed by atoms with Gasteiger partial charge in [0.25, 0.3) is 0 Å². The smallest absolute Gasteiger partial charge is 0.225 e. The minimum atomic E-state index is 0.0110. The monoisotopic (exact) mass is 305 g/mol. The lowest BCUT2D eigenvalue weighted by Gasteiger charge is -2.11. The first-order valence-electron chi connectivity index (χ1n) is 6.75. The molecule has 0 saturated carbocycles. The number of hydrogen-bond acceptors (Lipinski definition) is 4. The molecule has 0 saturated heterocycles. The van der Waals surface area contributed by atoms with Crippen molar-refractivity contribution in [2.75, 3.05) is 20.3 Å². The van der Waals surface area contributed by atoms with Crippen LogP contribution in [0.3, 0.4) is 0 Å². The maximum absolute atomic E-state index is 11.7. The SMILES string of the molecule is COc1cc(C)ccc1OCCNC(=O)Cc1cccs1. The van der Waals surface area contributed by atoms with Crippen LogP contribution in [0.1, 0.15) is 10.4 Å². The summed E-state index contributed by atoms with van der Waals surface area (Å²) < 4.78 is 10.9. The molecule has 2 rings (SSSR count). The molecule has 0 unspecified atom stereocenters. The number of nitrogens with one attached hydrogen (secondary N) is 1. The van der Waals surface area contributed by atoms with Crippen LogP contribution in [0.15, 0.2) is 35.7 Å². The van der Waals surface area contributed by atoms with E-state index in [1.807, 2.05) is 42.6 Å². The maximum Gasteiger partial charge on any atom is 0.225 e. The molecule has 5 heteroatoms. The summed E-state index contributed by atoms with van der Waals surface area (Å²) in [6.07, 6.45) is 0.422. The van der Waals surface area contributed by atoms with E-state index >= 15 is 0 Å². The summed E-state index contributed by atoms with van der Waals surface area (Å²) in [5.41, 5.74) is 1.11. The van der Waals surface area contributed by atoms with Crippen molar-refractivity contribution in [1.29, 1.82) is 0 Å². The Balaban J connectivity index is 1.73. The Morgan fingerprint density at radius 2 is 2.14 bits per heavy atom. The lowest BCUT2D eigenvalue weighted by Crippen LogP contribution is -2.29. The van der Waals surface area contributed by atoms with Crippen LogP contribution in [-0.4, -0.2) is 26.2 Å². The van der Waals surface area contributed by atoms with E-state index in [-0.39, 0.29) is 5.91 Å². The van der Waals surface area contributed by atoms with Gasteiger partial charge in [0.1, 0.15) is 6.61 Å². The van der Waals surface area contributed by atoms with E-state index in [1.165, 1.54) is 0 Å². The molecule has 0 spiro atoms. The molecule has 0 aliphatic rings. The molecule has 4 nitrogen and oxygen atoms in total. The molecular formula is C16H19NO3S. The molecule has 0 atom stereocenters. The van der Waals surface area contributed by atoms with Gasteiger partial charge in [0.15, 0.2) is 11.5 Å². The Morgan fingerprint density at radius 1 is 1.29 bits per heavy atom. The number of hydrogen-bond donors (Lipinski definition) is 1. The standard InChI is InChI=1S/C16H19NO3S/c1-12-5-6-14(15(10-12)19-2)20-8-7-17-16(18)11-13-4-3-9-21-13/h3-6,9-10H,7-8,11H2,1-2H3,(H,17,18). The van der Waals surface area contributed by atoms with Gasteiger partial charge in [-0.15, -0.1) is 11.3 Å². The third-order valence-electron chi connectivity index (χ3n) is 2.92. The molecule has 0 radical (unpaired) electrons. The number of benzene rings is 1. The molecule has 1 aromatic heterocycles. The van der Waals surface area contributed by atoms with Crippen LogP contribution >= 0.6 is 11.3 Å². The van der Waals surface area contributed by atoms with Crippen LogP contribution in [0.2, 0.25) is 0 Å². The molecule has 1 aromatic carbocycles. The highest BCUT2D eigenvalue weighted by molar-refractivity contribution is 7.10. The van der Waals surface area contributed by atoms with E-state index < -0.39 is 0 Å². The van der Waals surface area contributed by atoms with E-state index in [1.54, 1.807) is 18.4 Å². The van der Waals surface area contributed by atoms with Crippen LogP contribution in [0, 0.1) is 6.92 Å². The van der Waals surface area contributed by atoms with Gasteiger partial charge in [-0.05, 0) is 36.1 Å². The minimum absolute atomic E-state index is 0.0110. The number of carbonyl (C=O) groups is 1. The number of aryl methyl sites for hydroxylation is 1. The Bertz CT molecular complexity index is 581. The van der Waals surface area contributed by atoms with Gasteiger partial charge in [-0.3, -0.25) is 4.79 Å². The fourth-order valence-corrected chi connectivity index (χ4v) is 2.58. The quantitative estimate of drug-likeness (QED) is 0.800. The first kappa shape index (κ1) is 15.4. The molecule has 112 valence electrons. The van der Waals surface area contributed by atoms with Crippen molar-refractivity contribution >= 4 is 17.2 Å². The fraction of sp³-hybridized carbons (Fsp3) is 0.312. The second-order valence-corrected chi connectivity index (χ2v) is 5.64. The van der Waals surface area contributed by atoms with Crippen molar-refractivity contribution in [2.45, 2.75) is 13.3 Å². The van der Waals surface area contributed by atoms with Crippen LogP contribution in [0.5, 0.6) is 11.5 Å². The minimum Gasteiger partial charge on any atom is -0.493 e. The number of rotatable bonds is 7. The summed E-state index contributed by atoms with van der Waals surface area (Å²) in [7, 11) is 1.62. The Kier molecular flexibility index (Phi) is 5.63. The second-order valence-electron chi connectivity index (χ2n) is 4.61. The molecule has 21 heavy (non-hydrogen) atoms. The van der Waals surface area contributed by atoms with Crippen molar-refractivity contribution in [2.24, 2.45) is 0 Å². The molecule has 0 aliphatic heterocycles. The van der Waals surface area contributed by atoms with E-state index in [0.29, 0.717) is 31.1 Å². The predicted molar refractivity (Wildman–Crippen MR) is 84.3 cm³/mol. The van der Waals surface area contributed by atoms with E-state index in [4.69, 9.17) is 9.47 Å². The predicted octanol–water partition coefficient (Wildman–Crippen LogP) is 2.80. The summed E-state index contributed by atoms with van der Waals surface area (Å²) in [6, 6.07) is 9.66. The third kappa shape index (κ3) is 4.79. The lowest BCUT2D eigenvalue weighted by molar-refractivity contribution is -0.120. The normalized spacial score (nSPS) is 10.2. The zero-order valence-corrected chi connectivity index (χ0v) is 13.0. The van der Waals surface area contributed by atoms with Crippen molar-refractivity contribution < 1.29 is 14.3 Å². The molecule has 2 aromatic rings. The van der Waals surface area contributed by atoms with Gasteiger partial charge in [-0.2, -0.15) is 0 Å². The van der Waals surface area contributed by atoms with Gasteiger partial charge >= 0.3 is 0 Å². The number of amides is 1. The molecule has 1 amide bonds. The Morgan fingerprint density at radius 3 is 2.86 bits per heavy atom. The highest BCUT2D eigenvalue weighted by atomic mass is 32.1. The van der Waals surface area contributed by atoms with Gasteiger partial charge in [0.2, 0.25) is 5.91 Å². The molecular weight excluding hydrogens is 286 g/mol. The lowest BCUT2D eigenvalue weighted by atomic mass is 10.2. The average molecular weight is 305 g/mol. The number of carbonyl (C=O) groups excluding carboxylic acids is 1. The van der Waals surface area contributed by atoms with Crippen molar-refractivity contribution in [1.82, 2.24) is 5.32 Å². The first-order valence-corrected chi connectivity index (χ1v) is 7.63. The van der Waals surface area contributed by atoms with Crippen LogP contribution in [0.25, 0.3) is 0 Å². The van der Waals surface area contributed by atoms with Crippen molar-refractivity contribution in [3.63, 3.8) is 0 Å². The average Bonchev–Trinajstić information content (AvgIpc) is 2.97. The van der Waals surface area contributed by atoms with Gasteiger partial charge in [0.05, 0.1) is 20.1 Å². The zero-order valence-electron chi connectivity index (χ0n) is 12.2. The molecule has 0 bridgehead atoms. The number of methoxy groups -OCH3 is 1. The van der Waals surface area contributed by atoms with Gasteiger partial charge < -0.3 is 14.8 Å². The summed E-state index contributed by atoms with van der Waals surface area (Å²) in [5.74, 6) is 1.41. The second kappa shape index (κ2) is 7.69. The van der Waals surface area contributed by atoms with Gasteiger partial charge in [-0.25, -0.2) is 0 Å². The first-order chi connectivity index (χ1) is 10.2. The summed E-state index contributed by atoms with van der Waals surface area (Å²) in [6.45, 7) is 2.88. The largest absolute Gasteiger partial charge is 0.493 e. The zero-order chi connectivity index (χ0) is 15.1. The van der Waals surface area contributed by atoms with E-state index in [9.17, 15) is 4.79 Å². The molecule has 1 heterocycles. The van der Waals surface area contributed by atoms with Crippen LogP contribution in [0.4, 0.5) is 0 Å². The van der Waals surface area contributed by atoms with Gasteiger partial charge in [0, 0.05) is 4.88 Å². The summed E-state index contributed by atoms with van der Waals surface area (Å²) in [5, 5.41) is 4.81. The van der Waals surface area contributed by atoms with Crippen LogP contribution < -0.4 is 14.8 Å².